The zero-order valence-corrected chi connectivity index (χ0v) is 13.3. The molecule has 23 heavy (non-hydrogen) atoms. The molecule has 0 saturated heterocycles. The summed E-state index contributed by atoms with van der Waals surface area (Å²) in [6, 6.07) is 17.8. The van der Waals surface area contributed by atoms with Crippen LogP contribution in [0.5, 0.6) is 0 Å². The van der Waals surface area contributed by atoms with Crippen LogP contribution < -0.4 is 10.4 Å². The second kappa shape index (κ2) is 6.54. The maximum Gasteiger partial charge on any atom is 0.279 e. The van der Waals surface area contributed by atoms with Crippen molar-refractivity contribution in [1.82, 2.24) is 4.57 Å². The third-order valence-electron chi connectivity index (χ3n) is 3.31. The summed E-state index contributed by atoms with van der Waals surface area (Å²) in [5, 5.41) is 1.64. The highest BCUT2D eigenvalue weighted by atomic mass is 32.1. The second-order valence-corrected chi connectivity index (χ2v) is 5.87. The third kappa shape index (κ3) is 3.35. The lowest BCUT2D eigenvalue weighted by atomic mass is 10.1. The minimum atomic E-state index is -0.364. The van der Waals surface area contributed by atoms with E-state index in [1.165, 1.54) is 22.0 Å². The average Bonchev–Trinajstić information content (AvgIpc) is 2.56. The first-order valence-corrected chi connectivity index (χ1v) is 7.95. The van der Waals surface area contributed by atoms with E-state index in [4.69, 9.17) is 0 Å². The number of para-hydroxylation sites is 1. The van der Waals surface area contributed by atoms with Crippen LogP contribution in [0, 0.1) is 6.92 Å². The molecule has 3 rings (SSSR count). The lowest BCUT2D eigenvalue weighted by molar-refractivity contribution is 0.0998. The van der Waals surface area contributed by atoms with Gasteiger partial charge in [0.15, 0.2) is 0 Å². The summed E-state index contributed by atoms with van der Waals surface area (Å²) in [6.45, 7) is 1.96. The summed E-state index contributed by atoms with van der Waals surface area (Å²) in [6.07, 6.45) is 0. The first kappa shape index (κ1) is 15.1. The molecule has 0 aliphatic carbocycles. The molecule has 5 heteroatoms. The highest BCUT2D eigenvalue weighted by Gasteiger charge is 2.06. The zero-order chi connectivity index (χ0) is 16.2. The third-order valence-corrected chi connectivity index (χ3v) is 4.06. The van der Waals surface area contributed by atoms with Crippen LogP contribution >= 0.6 is 11.3 Å². The number of nitrogens with zero attached hydrogens (tertiary/aromatic N) is 2. The Labute approximate surface area is 137 Å². The number of aryl methyl sites for hydroxylation is 1. The average molecular weight is 322 g/mol. The summed E-state index contributed by atoms with van der Waals surface area (Å²) in [5.41, 5.74) is 2.04. The number of hydrogen-bond acceptors (Lipinski definition) is 3. The minimum Gasteiger partial charge on any atom is -0.269 e. The molecule has 0 spiro atoms. The Balaban J connectivity index is 2.13. The van der Waals surface area contributed by atoms with E-state index in [9.17, 15) is 9.59 Å². The number of benzene rings is 2. The van der Waals surface area contributed by atoms with Gasteiger partial charge in [-0.3, -0.25) is 14.2 Å². The Morgan fingerprint density at radius 2 is 1.70 bits per heavy atom. The Bertz CT molecular complexity index is 955. The summed E-state index contributed by atoms with van der Waals surface area (Å²) in [5.74, 6) is -0.364. The Hall–Kier alpha value is -2.79. The van der Waals surface area contributed by atoms with Gasteiger partial charge in [0.2, 0.25) is 4.80 Å². The van der Waals surface area contributed by atoms with Crippen molar-refractivity contribution >= 4 is 17.2 Å². The van der Waals surface area contributed by atoms with E-state index in [2.05, 4.69) is 4.99 Å². The standard InChI is InChI=1S/C18H14N2O2S/c1-13-7-9-14(10-8-13)17(22)19-18-20(16(21)11-12-23-18)15-5-3-2-4-6-15/h2-12H,1H3. The van der Waals surface area contributed by atoms with E-state index in [0.29, 0.717) is 16.1 Å². The molecule has 1 amide bonds. The van der Waals surface area contributed by atoms with Gasteiger partial charge in [0.1, 0.15) is 0 Å². The van der Waals surface area contributed by atoms with E-state index >= 15 is 0 Å². The molecule has 3 aromatic rings. The molecule has 0 N–H and O–H groups in total. The van der Waals surface area contributed by atoms with Crippen LogP contribution in [0.15, 0.2) is 75.8 Å². The highest BCUT2D eigenvalue weighted by molar-refractivity contribution is 7.06. The molecule has 0 aliphatic rings. The number of hydrogen-bond donors (Lipinski definition) is 0. The van der Waals surface area contributed by atoms with Gasteiger partial charge in [-0.05, 0) is 36.6 Å². The van der Waals surface area contributed by atoms with Crippen LogP contribution in [0.3, 0.4) is 0 Å². The molecule has 0 radical (unpaired) electrons. The zero-order valence-electron chi connectivity index (χ0n) is 12.5. The first-order valence-electron chi connectivity index (χ1n) is 7.07. The van der Waals surface area contributed by atoms with Gasteiger partial charge in [0.25, 0.3) is 11.5 Å². The predicted octanol–water partition coefficient (Wildman–Crippen LogP) is 2.95. The normalized spacial score (nSPS) is 11.4. The minimum absolute atomic E-state index is 0.217. The second-order valence-electron chi connectivity index (χ2n) is 5.00. The number of amides is 1. The lowest BCUT2D eigenvalue weighted by Gasteiger charge is -2.05. The van der Waals surface area contributed by atoms with E-state index in [0.717, 1.165) is 5.56 Å². The Morgan fingerprint density at radius 3 is 2.39 bits per heavy atom. The molecule has 2 aromatic carbocycles. The van der Waals surface area contributed by atoms with Crippen molar-refractivity contribution < 1.29 is 4.79 Å². The monoisotopic (exact) mass is 322 g/mol. The summed E-state index contributed by atoms with van der Waals surface area (Å²) >= 11 is 1.25. The molecule has 0 atom stereocenters. The van der Waals surface area contributed by atoms with Crippen LogP contribution in [0.4, 0.5) is 0 Å². The summed E-state index contributed by atoms with van der Waals surface area (Å²) < 4.78 is 1.44. The first-order chi connectivity index (χ1) is 11.1. The topological polar surface area (TPSA) is 51.4 Å². The van der Waals surface area contributed by atoms with Crippen molar-refractivity contribution in [3.05, 3.63) is 92.3 Å². The van der Waals surface area contributed by atoms with Crippen LogP contribution in [0.2, 0.25) is 0 Å². The molecule has 0 unspecified atom stereocenters. The van der Waals surface area contributed by atoms with Crippen molar-refractivity contribution in [3.63, 3.8) is 0 Å². The van der Waals surface area contributed by atoms with Crippen LogP contribution in [-0.4, -0.2) is 10.5 Å². The van der Waals surface area contributed by atoms with Gasteiger partial charge < -0.3 is 0 Å². The molecule has 0 bridgehead atoms. The molecule has 0 aliphatic heterocycles. The van der Waals surface area contributed by atoms with E-state index in [1.54, 1.807) is 17.5 Å². The van der Waals surface area contributed by atoms with Gasteiger partial charge >= 0.3 is 0 Å². The molecular weight excluding hydrogens is 308 g/mol. The van der Waals surface area contributed by atoms with E-state index < -0.39 is 0 Å². The number of rotatable bonds is 2. The van der Waals surface area contributed by atoms with Gasteiger partial charge in [-0.25, -0.2) is 0 Å². The predicted molar refractivity (Wildman–Crippen MR) is 91.0 cm³/mol. The number of aromatic nitrogens is 1. The molecule has 1 heterocycles. The van der Waals surface area contributed by atoms with Gasteiger partial charge in [-0.15, -0.1) is 11.3 Å². The molecule has 0 fully saturated rings. The summed E-state index contributed by atoms with van der Waals surface area (Å²) in [7, 11) is 0. The van der Waals surface area contributed by atoms with Crippen molar-refractivity contribution in [2.45, 2.75) is 6.92 Å². The van der Waals surface area contributed by atoms with Crippen LogP contribution in [-0.2, 0) is 0 Å². The van der Waals surface area contributed by atoms with Gasteiger partial charge in [0.05, 0.1) is 5.69 Å². The largest absolute Gasteiger partial charge is 0.279 e. The SMILES string of the molecule is Cc1ccc(C(=O)N=c2sccc(=O)n2-c2ccccc2)cc1. The van der Waals surface area contributed by atoms with Crippen molar-refractivity contribution in [1.29, 1.82) is 0 Å². The fraction of sp³-hybridized carbons (Fsp3) is 0.0556. The quantitative estimate of drug-likeness (QED) is 0.728. The summed E-state index contributed by atoms with van der Waals surface area (Å²) in [4.78, 5) is 29.0. The van der Waals surface area contributed by atoms with Gasteiger partial charge in [-0.1, -0.05) is 35.9 Å². The lowest BCUT2D eigenvalue weighted by Crippen LogP contribution is -2.30. The smallest absolute Gasteiger partial charge is 0.269 e. The number of carbonyl (C=O) groups excluding carboxylic acids is 1. The molecular formula is C18H14N2O2S. The highest BCUT2D eigenvalue weighted by Crippen LogP contribution is 2.05. The van der Waals surface area contributed by atoms with E-state index in [1.807, 2.05) is 49.4 Å². The fourth-order valence-electron chi connectivity index (χ4n) is 2.11. The van der Waals surface area contributed by atoms with E-state index in [-0.39, 0.29) is 11.5 Å². The van der Waals surface area contributed by atoms with Crippen LogP contribution in [0.1, 0.15) is 15.9 Å². The molecule has 114 valence electrons. The molecule has 0 saturated carbocycles. The van der Waals surface area contributed by atoms with Crippen molar-refractivity contribution in [2.75, 3.05) is 0 Å². The molecule has 4 nitrogen and oxygen atoms in total. The van der Waals surface area contributed by atoms with Gasteiger partial charge in [-0.2, -0.15) is 4.99 Å². The van der Waals surface area contributed by atoms with Crippen LogP contribution in [0.25, 0.3) is 5.69 Å². The Kier molecular flexibility index (Phi) is 4.30. The van der Waals surface area contributed by atoms with Crippen molar-refractivity contribution in [3.8, 4) is 5.69 Å². The maximum atomic E-state index is 12.3. The van der Waals surface area contributed by atoms with Crippen molar-refractivity contribution in [2.24, 2.45) is 4.99 Å². The Morgan fingerprint density at radius 1 is 1.00 bits per heavy atom. The van der Waals surface area contributed by atoms with Gasteiger partial charge in [0, 0.05) is 11.6 Å². The fourth-order valence-corrected chi connectivity index (χ4v) is 2.86. The maximum absolute atomic E-state index is 12.3. The number of carbonyl (C=O) groups is 1. The molecule has 1 aromatic heterocycles.